The van der Waals surface area contributed by atoms with Crippen LogP contribution in [0.4, 0.5) is 0 Å². The summed E-state index contributed by atoms with van der Waals surface area (Å²) >= 11 is 0. The third-order valence-electron chi connectivity index (χ3n) is 4.74. The number of aliphatic hydroxyl groups excluding tert-OH is 1. The molecule has 3 unspecified atom stereocenters. The van der Waals surface area contributed by atoms with E-state index in [9.17, 15) is 5.11 Å². The third kappa shape index (κ3) is 4.46. The molecule has 0 fully saturated rings. The van der Waals surface area contributed by atoms with Gasteiger partial charge < -0.3 is 10.4 Å². The van der Waals surface area contributed by atoms with Crippen LogP contribution in [0.3, 0.4) is 0 Å². The van der Waals surface area contributed by atoms with Crippen LogP contribution in [-0.2, 0) is 6.54 Å². The van der Waals surface area contributed by atoms with Crippen molar-refractivity contribution >= 4 is 0 Å². The molecule has 132 valence electrons. The Morgan fingerprint density at radius 3 is 2.38 bits per heavy atom. The quantitative estimate of drug-likeness (QED) is 0.776. The Morgan fingerprint density at radius 2 is 1.83 bits per heavy atom. The highest BCUT2D eigenvalue weighted by Crippen LogP contribution is 2.24. The summed E-state index contributed by atoms with van der Waals surface area (Å²) in [5, 5.41) is 18.1. The van der Waals surface area contributed by atoms with Gasteiger partial charge >= 0.3 is 0 Å². The minimum absolute atomic E-state index is 0.241. The lowest BCUT2D eigenvalue weighted by Gasteiger charge is -2.23. The molecule has 1 aromatic heterocycles. The number of hydrogen-bond acceptors (Lipinski definition) is 3. The lowest BCUT2D eigenvalue weighted by molar-refractivity contribution is 0.173. The number of nitrogens with one attached hydrogen (secondary N) is 1. The SMILES string of the molecule is CCn1nc(C)c(C(C)NCC(CC(C)O)c2ccccc2)c1C. The van der Waals surface area contributed by atoms with Crippen molar-refractivity contribution < 1.29 is 5.11 Å². The molecule has 0 amide bonds. The second-order valence-electron chi connectivity index (χ2n) is 6.72. The predicted octanol–water partition coefficient (Wildman–Crippen LogP) is 3.73. The van der Waals surface area contributed by atoms with Crippen molar-refractivity contribution in [3.63, 3.8) is 0 Å². The highest BCUT2D eigenvalue weighted by molar-refractivity contribution is 5.28. The maximum atomic E-state index is 9.85. The summed E-state index contributed by atoms with van der Waals surface area (Å²) in [6, 6.07) is 10.7. The minimum atomic E-state index is -0.307. The monoisotopic (exact) mass is 329 g/mol. The fraction of sp³-hybridized carbons (Fsp3) is 0.550. The van der Waals surface area contributed by atoms with Crippen molar-refractivity contribution in [1.29, 1.82) is 0 Å². The molecule has 0 aliphatic carbocycles. The molecule has 1 heterocycles. The molecule has 0 radical (unpaired) electrons. The van der Waals surface area contributed by atoms with Crippen LogP contribution in [0.25, 0.3) is 0 Å². The zero-order valence-corrected chi connectivity index (χ0v) is 15.6. The third-order valence-corrected chi connectivity index (χ3v) is 4.74. The van der Waals surface area contributed by atoms with E-state index in [1.165, 1.54) is 16.8 Å². The number of aryl methyl sites for hydroxylation is 2. The molecule has 1 aromatic carbocycles. The van der Waals surface area contributed by atoms with Gasteiger partial charge in [0.15, 0.2) is 0 Å². The van der Waals surface area contributed by atoms with Crippen LogP contribution in [-0.4, -0.2) is 27.5 Å². The molecule has 2 N–H and O–H groups in total. The van der Waals surface area contributed by atoms with Crippen LogP contribution in [0.2, 0.25) is 0 Å². The number of nitrogens with zero attached hydrogens (tertiary/aromatic N) is 2. The van der Waals surface area contributed by atoms with E-state index in [0.717, 1.165) is 25.2 Å². The molecule has 4 heteroatoms. The first-order valence-electron chi connectivity index (χ1n) is 8.94. The van der Waals surface area contributed by atoms with Gasteiger partial charge in [0.1, 0.15) is 0 Å². The van der Waals surface area contributed by atoms with E-state index in [2.05, 4.69) is 67.1 Å². The lowest BCUT2D eigenvalue weighted by Crippen LogP contribution is -2.27. The van der Waals surface area contributed by atoms with Crippen LogP contribution in [0.1, 0.15) is 61.7 Å². The van der Waals surface area contributed by atoms with Crippen molar-refractivity contribution in [2.24, 2.45) is 0 Å². The number of aromatic nitrogens is 2. The largest absolute Gasteiger partial charge is 0.393 e. The fourth-order valence-electron chi connectivity index (χ4n) is 3.54. The number of benzene rings is 1. The fourth-order valence-corrected chi connectivity index (χ4v) is 3.54. The van der Waals surface area contributed by atoms with E-state index in [0.29, 0.717) is 5.92 Å². The van der Waals surface area contributed by atoms with E-state index in [1.54, 1.807) is 0 Å². The van der Waals surface area contributed by atoms with E-state index in [-0.39, 0.29) is 12.1 Å². The Kier molecular flexibility index (Phi) is 6.58. The molecule has 0 aliphatic rings. The van der Waals surface area contributed by atoms with Gasteiger partial charge in [0.05, 0.1) is 11.8 Å². The van der Waals surface area contributed by atoms with Gasteiger partial charge in [0.25, 0.3) is 0 Å². The first-order valence-corrected chi connectivity index (χ1v) is 8.94. The number of aliphatic hydroxyl groups is 1. The van der Waals surface area contributed by atoms with Crippen LogP contribution < -0.4 is 5.32 Å². The van der Waals surface area contributed by atoms with Gasteiger partial charge in [0.2, 0.25) is 0 Å². The molecule has 0 saturated heterocycles. The highest BCUT2D eigenvalue weighted by atomic mass is 16.3. The van der Waals surface area contributed by atoms with Crippen molar-refractivity contribution in [2.45, 2.75) is 65.6 Å². The van der Waals surface area contributed by atoms with Gasteiger partial charge in [-0.15, -0.1) is 0 Å². The van der Waals surface area contributed by atoms with E-state index in [4.69, 9.17) is 0 Å². The molecule has 0 bridgehead atoms. The molecule has 2 aromatic rings. The average Bonchev–Trinajstić information content (AvgIpc) is 2.85. The van der Waals surface area contributed by atoms with Crippen molar-refractivity contribution in [3.05, 3.63) is 52.8 Å². The zero-order chi connectivity index (χ0) is 17.7. The topological polar surface area (TPSA) is 50.1 Å². The molecule has 3 atom stereocenters. The molecule has 0 spiro atoms. The van der Waals surface area contributed by atoms with Crippen LogP contribution >= 0.6 is 0 Å². The Labute approximate surface area is 145 Å². The highest BCUT2D eigenvalue weighted by Gasteiger charge is 2.19. The summed E-state index contributed by atoms with van der Waals surface area (Å²) in [6.45, 7) is 12.1. The smallest absolute Gasteiger partial charge is 0.0644 e. The Bertz CT molecular complexity index is 634. The standard InChI is InChI=1S/C20H31N3O/c1-6-23-17(5)20(16(4)22-23)15(3)21-13-19(12-14(2)24)18-10-8-7-9-11-18/h7-11,14-15,19,21,24H,6,12-13H2,1-5H3. The van der Waals surface area contributed by atoms with Crippen LogP contribution in [0.5, 0.6) is 0 Å². The molecule has 2 rings (SSSR count). The first-order chi connectivity index (χ1) is 11.4. The Morgan fingerprint density at radius 1 is 1.17 bits per heavy atom. The molecule has 4 nitrogen and oxygen atoms in total. The minimum Gasteiger partial charge on any atom is -0.393 e. The van der Waals surface area contributed by atoms with E-state index in [1.807, 2.05) is 13.0 Å². The second kappa shape index (κ2) is 8.45. The van der Waals surface area contributed by atoms with Crippen molar-refractivity contribution in [2.75, 3.05) is 6.54 Å². The molecular weight excluding hydrogens is 298 g/mol. The summed E-state index contributed by atoms with van der Waals surface area (Å²) in [4.78, 5) is 0. The van der Waals surface area contributed by atoms with Crippen molar-refractivity contribution in [3.8, 4) is 0 Å². The Balaban J connectivity index is 2.10. The molecule has 0 aliphatic heterocycles. The Hall–Kier alpha value is -1.65. The maximum Gasteiger partial charge on any atom is 0.0644 e. The number of hydrogen-bond donors (Lipinski definition) is 2. The summed E-state index contributed by atoms with van der Waals surface area (Å²) in [5.74, 6) is 0.301. The summed E-state index contributed by atoms with van der Waals surface area (Å²) in [5.41, 5.74) is 4.90. The zero-order valence-electron chi connectivity index (χ0n) is 15.6. The van der Waals surface area contributed by atoms with Gasteiger partial charge in [0, 0.05) is 30.4 Å². The van der Waals surface area contributed by atoms with Crippen molar-refractivity contribution in [1.82, 2.24) is 15.1 Å². The lowest BCUT2D eigenvalue weighted by atomic mass is 9.93. The normalized spacial score (nSPS) is 15.2. The van der Waals surface area contributed by atoms with Crippen LogP contribution in [0.15, 0.2) is 30.3 Å². The van der Waals surface area contributed by atoms with E-state index < -0.39 is 0 Å². The maximum absolute atomic E-state index is 9.85. The summed E-state index contributed by atoms with van der Waals surface area (Å²) in [7, 11) is 0. The van der Waals surface area contributed by atoms with Crippen LogP contribution in [0, 0.1) is 13.8 Å². The molecule has 24 heavy (non-hydrogen) atoms. The van der Waals surface area contributed by atoms with Gasteiger partial charge in [-0.3, -0.25) is 4.68 Å². The predicted molar refractivity (Wildman–Crippen MR) is 99.3 cm³/mol. The molecule has 0 saturated carbocycles. The van der Waals surface area contributed by atoms with Gasteiger partial charge in [-0.25, -0.2) is 0 Å². The first kappa shape index (κ1) is 18.7. The summed E-state index contributed by atoms with van der Waals surface area (Å²) < 4.78 is 2.06. The average molecular weight is 329 g/mol. The summed E-state index contributed by atoms with van der Waals surface area (Å²) in [6.07, 6.45) is 0.453. The van der Waals surface area contributed by atoms with Gasteiger partial charge in [-0.05, 0) is 52.5 Å². The van der Waals surface area contributed by atoms with Gasteiger partial charge in [-0.1, -0.05) is 30.3 Å². The second-order valence-corrected chi connectivity index (χ2v) is 6.72. The number of rotatable bonds is 8. The molecular formula is C20H31N3O. The van der Waals surface area contributed by atoms with Gasteiger partial charge in [-0.2, -0.15) is 5.10 Å². The van der Waals surface area contributed by atoms with E-state index >= 15 is 0 Å².